The number of nitrogens with zero attached hydrogens (tertiary/aromatic N) is 7. The molecule has 4 aromatic heterocycles. The molecule has 2 saturated heterocycles. The summed E-state index contributed by atoms with van der Waals surface area (Å²) in [5, 5.41) is 24.6. The Morgan fingerprint density at radius 2 is 1.84 bits per heavy atom. The van der Waals surface area contributed by atoms with Gasteiger partial charge in [-0.15, -0.1) is 0 Å². The Hall–Kier alpha value is -4.56. The first kappa shape index (κ1) is 32.6. The lowest BCUT2D eigenvalue weighted by molar-refractivity contribution is -0.0691. The number of piperazine rings is 1. The van der Waals surface area contributed by atoms with Gasteiger partial charge in [0.05, 0.1) is 36.7 Å². The summed E-state index contributed by atoms with van der Waals surface area (Å²) in [5.74, 6) is 0.472. The zero-order valence-corrected chi connectivity index (χ0v) is 29.0. The van der Waals surface area contributed by atoms with Crippen LogP contribution in [0.1, 0.15) is 54.4 Å². The summed E-state index contributed by atoms with van der Waals surface area (Å²) in [6.07, 6.45) is 4.93. The maximum absolute atomic E-state index is 13.9. The molecule has 1 aliphatic carbocycles. The number of aryl methyl sites for hydroxylation is 1. The number of aliphatic hydroxyl groups excluding tert-OH is 1. The van der Waals surface area contributed by atoms with Crippen molar-refractivity contribution < 1.29 is 19.7 Å². The summed E-state index contributed by atoms with van der Waals surface area (Å²) in [5.41, 5.74) is 5.30. The monoisotopic (exact) mass is 680 g/mol. The topological polar surface area (TPSA) is 141 Å². The van der Waals surface area contributed by atoms with Crippen molar-refractivity contribution in [2.24, 2.45) is 12.5 Å². The molecule has 0 unspecified atom stereocenters. The molecule has 3 aliphatic heterocycles. The zero-order chi connectivity index (χ0) is 34.9. The van der Waals surface area contributed by atoms with Gasteiger partial charge >= 0.3 is 0 Å². The molecule has 0 aromatic carbocycles. The number of ether oxygens (including phenoxy) is 1. The lowest BCUT2D eigenvalue weighted by atomic mass is 9.90. The van der Waals surface area contributed by atoms with Crippen molar-refractivity contribution in [2.45, 2.75) is 58.5 Å². The zero-order valence-electron chi connectivity index (χ0n) is 29.0. The minimum atomic E-state index is -1.92. The predicted molar refractivity (Wildman–Crippen MR) is 190 cm³/mol. The lowest BCUT2D eigenvalue weighted by Gasteiger charge is -2.46. The number of pyridine rings is 3. The number of hydrogen-bond acceptors (Lipinski definition) is 10. The Balaban J connectivity index is 1.05. The molecule has 0 radical (unpaired) electrons. The second-order valence-corrected chi connectivity index (χ2v) is 14.9. The van der Waals surface area contributed by atoms with Crippen LogP contribution in [-0.2, 0) is 31.2 Å². The number of anilines is 4. The van der Waals surface area contributed by atoms with Gasteiger partial charge in [-0.05, 0) is 66.6 Å². The molecule has 3 N–H and O–H groups in total. The number of nitrogens with one attached hydrogen (secondary N) is 1. The van der Waals surface area contributed by atoms with Gasteiger partial charge in [0.25, 0.3) is 11.5 Å². The van der Waals surface area contributed by atoms with E-state index in [-0.39, 0.29) is 34.0 Å². The van der Waals surface area contributed by atoms with Crippen LogP contribution in [0.3, 0.4) is 0 Å². The molecule has 1 atom stereocenters. The quantitative estimate of drug-likeness (QED) is 0.250. The van der Waals surface area contributed by atoms with Crippen molar-refractivity contribution in [1.82, 2.24) is 24.0 Å². The maximum atomic E-state index is 13.9. The first-order chi connectivity index (χ1) is 24.0. The van der Waals surface area contributed by atoms with Crippen molar-refractivity contribution in [3.05, 3.63) is 81.8 Å². The number of hydrogen-bond donors (Lipinski definition) is 3. The van der Waals surface area contributed by atoms with Crippen LogP contribution in [0.5, 0.6) is 0 Å². The van der Waals surface area contributed by atoms with Crippen LogP contribution in [0.4, 0.5) is 23.0 Å². The van der Waals surface area contributed by atoms with E-state index in [0.717, 1.165) is 51.4 Å². The van der Waals surface area contributed by atoms with E-state index in [4.69, 9.17) is 4.74 Å². The summed E-state index contributed by atoms with van der Waals surface area (Å²) in [4.78, 5) is 42.7. The highest BCUT2D eigenvalue weighted by Crippen LogP contribution is 2.41. The van der Waals surface area contributed by atoms with E-state index in [9.17, 15) is 19.8 Å². The highest BCUT2D eigenvalue weighted by Gasteiger charge is 2.38. The summed E-state index contributed by atoms with van der Waals surface area (Å²) in [6.45, 7) is 12.1. The fourth-order valence-corrected chi connectivity index (χ4v) is 8.15. The van der Waals surface area contributed by atoms with E-state index in [2.05, 4.69) is 50.4 Å². The van der Waals surface area contributed by atoms with Crippen LogP contribution in [0.2, 0.25) is 0 Å². The van der Waals surface area contributed by atoms with Gasteiger partial charge < -0.3 is 34.3 Å². The van der Waals surface area contributed by atoms with Crippen LogP contribution >= 0.6 is 0 Å². The number of rotatable bonds is 7. The Morgan fingerprint density at radius 3 is 2.54 bits per heavy atom. The maximum Gasteiger partial charge on any atom is 0.276 e. The first-order valence-corrected chi connectivity index (χ1v) is 17.4. The minimum Gasteiger partial charge on any atom is -0.378 e. The summed E-state index contributed by atoms with van der Waals surface area (Å²) >= 11 is 0. The molecule has 4 aliphatic rings. The molecule has 0 bridgehead atoms. The van der Waals surface area contributed by atoms with Gasteiger partial charge in [-0.25, -0.2) is 9.97 Å². The van der Waals surface area contributed by atoms with E-state index in [1.807, 2.05) is 24.4 Å². The predicted octanol–water partition coefficient (Wildman–Crippen LogP) is 3.07. The van der Waals surface area contributed by atoms with Crippen molar-refractivity contribution in [2.75, 3.05) is 54.5 Å². The molecule has 262 valence electrons. The van der Waals surface area contributed by atoms with Gasteiger partial charge in [-0.1, -0.05) is 13.8 Å². The van der Waals surface area contributed by atoms with Gasteiger partial charge in [0.2, 0.25) is 0 Å². The molecule has 0 spiro atoms. The number of fused-ring (bicyclic) bond motifs is 3. The molecular weight excluding hydrogens is 636 g/mol. The Morgan fingerprint density at radius 1 is 1.02 bits per heavy atom. The van der Waals surface area contributed by atoms with Gasteiger partial charge in [-0.3, -0.25) is 19.4 Å². The minimum absolute atomic E-state index is 0.0978. The van der Waals surface area contributed by atoms with Crippen molar-refractivity contribution in [3.8, 4) is 11.1 Å². The Bertz CT molecular complexity index is 2020. The molecule has 1 amide bonds. The van der Waals surface area contributed by atoms with E-state index < -0.39 is 6.29 Å². The first-order valence-electron chi connectivity index (χ1n) is 17.4. The van der Waals surface area contributed by atoms with Crippen molar-refractivity contribution >= 4 is 28.9 Å². The normalized spacial score (nSPS) is 20.6. The Labute approximate surface area is 290 Å². The van der Waals surface area contributed by atoms with E-state index >= 15 is 0 Å². The van der Waals surface area contributed by atoms with Gasteiger partial charge in [0.15, 0.2) is 6.29 Å². The largest absolute Gasteiger partial charge is 0.378 e. The fraction of sp³-hybridized carbons (Fsp3) is 0.459. The van der Waals surface area contributed by atoms with E-state index in [1.54, 1.807) is 31.6 Å². The van der Waals surface area contributed by atoms with Crippen LogP contribution in [0.25, 0.3) is 11.1 Å². The highest BCUT2D eigenvalue weighted by atomic mass is 16.5. The van der Waals surface area contributed by atoms with Gasteiger partial charge in [0.1, 0.15) is 23.0 Å². The third-order valence-electron chi connectivity index (χ3n) is 10.7. The molecule has 13 nitrogen and oxygen atoms in total. The molecular formula is C37H44N8O5. The third kappa shape index (κ3) is 5.67. The molecule has 2 fully saturated rings. The van der Waals surface area contributed by atoms with Crippen LogP contribution in [-0.4, -0.2) is 91.6 Å². The summed E-state index contributed by atoms with van der Waals surface area (Å²) < 4.78 is 8.94. The number of aromatic nitrogens is 4. The van der Waals surface area contributed by atoms with Crippen molar-refractivity contribution in [3.63, 3.8) is 0 Å². The third-order valence-corrected chi connectivity index (χ3v) is 10.7. The molecule has 50 heavy (non-hydrogen) atoms. The fourth-order valence-electron chi connectivity index (χ4n) is 8.15. The second kappa shape index (κ2) is 12.3. The average molecular weight is 681 g/mol. The summed E-state index contributed by atoms with van der Waals surface area (Å²) in [6, 6.07) is 10.0. The smallest absolute Gasteiger partial charge is 0.276 e. The average Bonchev–Trinajstić information content (AvgIpc) is 3.55. The number of carbonyl (C=O) groups excluding carboxylic acids is 1. The number of aliphatic hydroxyl groups is 2. The van der Waals surface area contributed by atoms with E-state index in [1.165, 1.54) is 20.7 Å². The van der Waals surface area contributed by atoms with Crippen LogP contribution < -0.4 is 20.7 Å². The molecule has 13 heteroatoms. The molecule has 0 saturated carbocycles. The molecule has 7 heterocycles. The Kier molecular flexibility index (Phi) is 8.05. The lowest BCUT2D eigenvalue weighted by Crippen LogP contribution is -2.59. The number of amides is 1. The highest BCUT2D eigenvalue weighted by molar-refractivity contribution is 6.06. The van der Waals surface area contributed by atoms with Crippen molar-refractivity contribution in [1.29, 1.82) is 0 Å². The SMILES string of the molecule is C[C@H]1CN(C2COC2)CCN1c1ccc(Nc2cc(-c3ccnc(N4CCn5c(cc6c5CC(C)(C)C6)C4=O)c3C(O)O)cn(C)c2=O)nc1. The summed E-state index contributed by atoms with van der Waals surface area (Å²) in [7, 11) is 1.64. The number of carbonyl (C=O) groups is 1. The molecule has 4 aromatic rings. The molecule has 8 rings (SSSR count). The second-order valence-electron chi connectivity index (χ2n) is 14.9. The van der Waals surface area contributed by atoms with Crippen LogP contribution in [0, 0.1) is 5.41 Å². The van der Waals surface area contributed by atoms with Gasteiger partial charge in [-0.2, -0.15) is 0 Å². The standard InChI is InChI=1S/C37H44N8O5/c1-22-18-42(26-20-50-21-26)9-10-43(22)25-5-6-31(39-17-25)40-28-13-24(19-41(4)34(28)46)27-7-8-38-33(32(27)36(48)49)45-12-11-44-29(35(45)47)14-23-15-37(2,3)16-30(23)44/h5-8,13-14,17,19,22,26,36,48-49H,9-12,15-16,18,20-21H2,1-4H3,(H,39,40)/t22-/m0/s1. The van der Waals surface area contributed by atoms with Gasteiger partial charge in [0, 0.05) is 69.5 Å². The van der Waals surface area contributed by atoms with Crippen LogP contribution in [0.15, 0.2) is 53.7 Å². The van der Waals surface area contributed by atoms with E-state index in [0.29, 0.717) is 47.8 Å².